The quantitative estimate of drug-likeness (QED) is 0.677. The van der Waals surface area contributed by atoms with Crippen molar-refractivity contribution in [3.05, 3.63) is 23.8 Å². The van der Waals surface area contributed by atoms with Gasteiger partial charge in [0.15, 0.2) is 11.6 Å². The molecule has 0 saturated heterocycles. The Kier molecular flexibility index (Phi) is 2.68. The molecule has 0 radical (unpaired) electrons. The Bertz CT molecular complexity index is 584. The van der Waals surface area contributed by atoms with Crippen LogP contribution >= 0.6 is 0 Å². The predicted octanol–water partition coefficient (Wildman–Crippen LogP) is 3.86. The zero-order valence-electron chi connectivity index (χ0n) is 13.0. The van der Waals surface area contributed by atoms with E-state index in [1.54, 1.807) is 0 Å². The minimum absolute atomic E-state index is 0.136. The summed E-state index contributed by atoms with van der Waals surface area (Å²) >= 11 is 0. The molecule has 4 rings (SSSR count). The number of hydrogen-bond acceptors (Lipinski definition) is 2. The molecule has 5 atom stereocenters. The van der Waals surface area contributed by atoms with Crippen molar-refractivity contribution in [1.29, 1.82) is 0 Å². The standard InChI is InChI=1S/C19H24O2/c1-18-9-7-13(20)11-12(18)3-4-14-15-5-6-17(21)19(15,2)10-8-16(14)18/h5-6,11,14-16H,3-4,7-10H2,1-2H3/t14?,15?,16?,18-,19-/m0/s1. The van der Waals surface area contributed by atoms with Gasteiger partial charge in [0, 0.05) is 11.8 Å². The maximum Gasteiger partial charge on any atom is 0.161 e. The van der Waals surface area contributed by atoms with Crippen LogP contribution in [0.4, 0.5) is 0 Å². The fraction of sp³-hybridized carbons (Fsp3) is 0.684. The van der Waals surface area contributed by atoms with Gasteiger partial charge in [-0.25, -0.2) is 0 Å². The van der Waals surface area contributed by atoms with E-state index < -0.39 is 0 Å². The minimum atomic E-state index is -0.136. The highest BCUT2D eigenvalue weighted by molar-refractivity contribution is 5.97. The van der Waals surface area contributed by atoms with Gasteiger partial charge in [0.05, 0.1) is 0 Å². The molecule has 0 amide bonds. The summed E-state index contributed by atoms with van der Waals surface area (Å²) in [6.07, 6.45) is 12.1. The maximum atomic E-state index is 12.3. The number of fused-ring (bicyclic) bond motifs is 5. The molecular weight excluding hydrogens is 260 g/mol. The van der Waals surface area contributed by atoms with Crippen molar-refractivity contribution in [1.82, 2.24) is 0 Å². The lowest BCUT2D eigenvalue weighted by molar-refractivity contribution is -0.130. The monoisotopic (exact) mass is 284 g/mol. The zero-order valence-corrected chi connectivity index (χ0v) is 13.0. The van der Waals surface area contributed by atoms with E-state index in [1.165, 1.54) is 5.57 Å². The number of ketones is 2. The first-order valence-electron chi connectivity index (χ1n) is 8.42. The van der Waals surface area contributed by atoms with Crippen LogP contribution in [0.3, 0.4) is 0 Å². The SMILES string of the molecule is C[C@]12CCC(=O)C=C1CCC1C2CC[C@]2(C)C(=O)C=CC12. The van der Waals surface area contributed by atoms with Gasteiger partial charge in [-0.05, 0) is 67.4 Å². The summed E-state index contributed by atoms with van der Waals surface area (Å²) in [7, 11) is 0. The topological polar surface area (TPSA) is 34.1 Å². The Morgan fingerprint density at radius 3 is 2.67 bits per heavy atom. The fourth-order valence-electron chi connectivity index (χ4n) is 5.83. The van der Waals surface area contributed by atoms with Crippen LogP contribution in [0.5, 0.6) is 0 Å². The van der Waals surface area contributed by atoms with E-state index >= 15 is 0 Å². The molecule has 2 nitrogen and oxygen atoms in total. The third-order valence-electron chi connectivity index (χ3n) is 7.23. The lowest BCUT2D eigenvalue weighted by Crippen LogP contribution is -2.50. The normalized spacial score (nSPS) is 48.5. The highest BCUT2D eigenvalue weighted by Crippen LogP contribution is 2.63. The highest BCUT2D eigenvalue weighted by atomic mass is 16.1. The molecule has 112 valence electrons. The molecule has 0 aliphatic heterocycles. The maximum absolute atomic E-state index is 12.3. The van der Waals surface area contributed by atoms with Gasteiger partial charge in [-0.2, -0.15) is 0 Å². The molecule has 4 aliphatic rings. The number of carbonyl (C=O) groups is 2. The molecule has 2 fully saturated rings. The highest BCUT2D eigenvalue weighted by Gasteiger charge is 2.57. The summed E-state index contributed by atoms with van der Waals surface area (Å²) in [6.45, 7) is 4.56. The Balaban J connectivity index is 1.72. The average Bonchev–Trinajstić information content (AvgIpc) is 2.76. The van der Waals surface area contributed by atoms with Crippen molar-refractivity contribution >= 4 is 11.6 Å². The fourth-order valence-corrected chi connectivity index (χ4v) is 5.83. The van der Waals surface area contributed by atoms with E-state index in [4.69, 9.17) is 0 Å². The Labute approximate surface area is 126 Å². The van der Waals surface area contributed by atoms with E-state index in [9.17, 15) is 9.59 Å². The van der Waals surface area contributed by atoms with Gasteiger partial charge in [-0.15, -0.1) is 0 Å². The second kappa shape index (κ2) is 4.18. The van der Waals surface area contributed by atoms with Crippen molar-refractivity contribution < 1.29 is 9.59 Å². The zero-order chi connectivity index (χ0) is 14.8. The van der Waals surface area contributed by atoms with E-state index in [-0.39, 0.29) is 10.8 Å². The molecular formula is C19H24O2. The van der Waals surface area contributed by atoms with E-state index in [2.05, 4.69) is 19.9 Å². The molecule has 2 saturated carbocycles. The second-order valence-electron chi connectivity index (χ2n) is 8.07. The number of carbonyl (C=O) groups excluding carboxylic acids is 2. The van der Waals surface area contributed by atoms with Gasteiger partial charge in [0.25, 0.3) is 0 Å². The first kappa shape index (κ1) is 13.5. The molecule has 0 N–H and O–H groups in total. The van der Waals surface area contributed by atoms with Crippen LogP contribution in [0.25, 0.3) is 0 Å². The van der Waals surface area contributed by atoms with E-state index in [0.717, 1.165) is 32.1 Å². The lowest BCUT2D eigenvalue weighted by Gasteiger charge is -2.56. The molecule has 0 aromatic carbocycles. The van der Waals surface area contributed by atoms with Crippen LogP contribution in [-0.4, -0.2) is 11.6 Å². The third kappa shape index (κ3) is 1.65. The minimum Gasteiger partial charge on any atom is -0.295 e. The number of hydrogen-bond donors (Lipinski definition) is 0. The Hall–Kier alpha value is -1.18. The Morgan fingerprint density at radius 2 is 1.86 bits per heavy atom. The Morgan fingerprint density at radius 1 is 1.05 bits per heavy atom. The molecule has 0 spiro atoms. The summed E-state index contributed by atoms with van der Waals surface area (Å²) in [5.41, 5.74) is 1.47. The van der Waals surface area contributed by atoms with Gasteiger partial charge in [0.2, 0.25) is 0 Å². The van der Waals surface area contributed by atoms with Crippen molar-refractivity contribution in [2.45, 2.75) is 52.4 Å². The first-order chi connectivity index (χ1) is 9.95. The van der Waals surface area contributed by atoms with Crippen molar-refractivity contribution in [2.75, 3.05) is 0 Å². The molecule has 0 aromatic rings. The van der Waals surface area contributed by atoms with Crippen LogP contribution in [0.15, 0.2) is 23.8 Å². The molecule has 21 heavy (non-hydrogen) atoms. The first-order valence-corrected chi connectivity index (χ1v) is 8.42. The molecule has 0 heterocycles. The third-order valence-corrected chi connectivity index (χ3v) is 7.23. The van der Waals surface area contributed by atoms with Crippen LogP contribution < -0.4 is 0 Å². The molecule has 0 aromatic heterocycles. The molecule has 4 aliphatic carbocycles. The van der Waals surface area contributed by atoms with Crippen LogP contribution in [-0.2, 0) is 9.59 Å². The molecule has 2 heteroatoms. The summed E-state index contributed by atoms with van der Waals surface area (Å²) < 4.78 is 0. The predicted molar refractivity (Wildman–Crippen MR) is 81.6 cm³/mol. The smallest absolute Gasteiger partial charge is 0.161 e. The van der Waals surface area contributed by atoms with Gasteiger partial charge >= 0.3 is 0 Å². The molecule has 3 unspecified atom stereocenters. The van der Waals surface area contributed by atoms with Gasteiger partial charge < -0.3 is 0 Å². The van der Waals surface area contributed by atoms with Crippen molar-refractivity contribution in [2.24, 2.45) is 28.6 Å². The van der Waals surface area contributed by atoms with Gasteiger partial charge in [0.1, 0.15) is 0 Å². The van der Waals surface area contributed by atoms with Gasteiger partial charge in [-0.3, -0.25) is 9.59 Å². The largest absolute Gasteiger partial charge is 0.295 e. The van der Waals surface area contributed by atoms with Crippen molar-refractivity contribution in [3.63, 3.8) is 0 Å². The summed E-state index contributed by atoms with van der Waals surface area (Å²) in [6, 6.07) is 0. The van der Waals surface area contributed by atoms with E-state index in [0.29, 0.717) is 35.7 Å². The second-order valence-corrected chi connectivity index (χ2v) is 8.07. The average molecular weight is 284 g/mol. The van der Waals surface area contributed by atoms with Crippen molar-refractivity contribution in [3.8, 4) is 0 Å². The summed E-state index contributed by atoms with van der Waals surface area (Å²) in [5, 5.41) is 0. The van der Waals surface area contributed by atoms with E-state index in [1.807, 2.05) is 12.2 Å². The number of rotatable bonds is 0. The summed E-state index contributed by atoms with van der Waals surface area (Å²) in [4.78, 5) is 24.0. The van der Waals surface area contributed by atoms with Crippen LogP contribution in [0.1, 0.15) is 52.4 Å². The van der Waals surface area contributed by atoms with Crippen LogP contribution in [0, 0.1) is 28.6 Å². The molecule has 0 bridgehead atoms. The van der Waals surface area contributed by atoms with Gasteiger partial charge in [-0.1, -0.05) is 25.5 Å². The number of allylic oxidation sites excluding steroid dienone is 4. The lowest BCUT2D eigenvalue weighted by atomic mass is 9.47. The van der Waals surface area contributed by atoms with Crippen LogP contribution in [0.2, 0.25) is 0 Å². The summed E-state index contributed by atoms with van der Waals surface area (Å²) in [5.74, 6) is 2.37.